The van der Waals surface area contributed by atoms with Gasteiger partial charge in [-0.05, 0) is 49.7 Å². The molecule has 10 heteroatoms. The molecule has 3 heterocycles. The van der Waals surface area contributed by atoms with Gasteiger partial charge in [0.05, 0.1) is 23.3 Å². The van der Waals surface area contributed by atoms with E-state index in [9.17, 15) is 22.8 Å². The Morgan fingerprint density at radius 2 is 1.68 bits per heavy atom. The van der Waals surface area contributed by atoms with Crippen molar-refractivity contribution in [2.24, 2.45) is 7.05 Å². The maximum Gasteiger partial charge on any atom is 0.433 e. The summed E-state index contributed by atoms with van der Waals surface area (Å²) in [5.74, 6) is 0. The van der Waals surface area contributed by atoms with Crippen molar-refractivity contribution in [3.63, 3.8) is 0 Å². The summed E-state index contributed by atoms with van der Waals surface area (Å²) in [6.45, 7) is 3.80. The number of aryl methyl sites for hydroxylation is 3. The first-order chi connectivity index (χ1) is 14.6. The molecule has 4 aromatic rings. The van der Waals surface area contributed by atoms with Crippen LogP contribution in [0.25, 0.3) is 16.7 Å². The highest BCUT2D eigenvalue weighted by molar-refractivity contribution is 5.74. The number of nitrogens with zero attached hydrogens (tertiary/aromatic N) is 5. The first-order valence-corrected chi connectivity index (χ1v) is 9.36. The third-order valence-corrected chi connectivity index (χ3v) is 5.01. The monoisotopic (exact) mass is 429 g/mol. The lowest BCUT2D eigenvalue weighted by Gasteiger charge is -2.12. The molecule has 0 bridgehead atoms. The molecule has 3 aromatic heterocycles. The lowest BCUT2D eigenvalue weighted by Crippen LogP contribution is -2.39. The quantitative estimate of drug-likeness (QED) is 0.502. The number of alkyl halides is 3. The Hall–Kier alpha value is -3.69. The number of hydrogen-bond donors (Lipinski definition) is 0. The molecule has 0 amide bonds. The summed E-state index contributed by atoms with van der Waals surface area (Å²) in [7, 11) is 1.29. The van der Waals surface area contributed by atoms with Crippen molar-refractivity contribution >= 4 is 11.0 Å². The molecule has 0 aliphatic heterocycles. The van der Waals surface area contributed by atoms with Crippen LogP contribution in [0.1, 0.15) is 22.6 Å². The normalized spacial score (nSPS) is 11.9. The van der Waals surface area contributed by atoms with E-state index in [-0.39, 0.29) is 17.6 Å². The topological polar surface area (TPSA) is 74.7 Å². The molecule has 0 aliphatic rings. The summed E-state index contributed by atoms with van der Waals surface area (Å²) in [5.41, 5.74) is 0.466. The van der Waals surface area contributed by atoms with E-state index in [4.69, 9.17) is 0 Å². The molecule has 0 fully saturated rings. The smallest absolute Gasteiger partial charge is 0.280 e. The number of aromatic nitrogens is 5. The van der Waals surface area contributed by atoms with Gasteiger partial charge in [0.2, 0.25) is 0 Å². The van der Waals surface area contributed by atoms with Crippen molar-refractivity contribution in [3.05, 3.63) is 85.9 Å². The molecule has 0 atom stereocenters. The number of halogens is 3. The third kappa shape index (κ3) is 3.65. The Kier molecular flexibility index (Phi) is 4.79. The van der Waals surface area contributed by atoms with Gasteiger partial charge in [0, 0.05) is 12.7 Å². The zero-order valence-electron chi connectivity index (χ0n) is 16.9. The molecular weight excluding hydrogens is 411 g/mol. The van der Waals surface area contributed by atoms with Gasteiger partial charge >= 0.3 is 11.9 Å². The van der Waals surface area contributed by atoms with E-state index < -0.39 is 23.1 Å². The zero-order valence-corrected chi connectivity index (χ0v) is 16.9. The molecule has 160 valence electrons. The van der Waals surface area contributed by atoms with Gasteiger partial charge in [-0.1, -0.05) is 12.1 Å². The van der Waals surface area contributed by atoms with Crippen LogP contribution >= 0.6 is 0 Å². The van der Waals surface area contributed by atoms with Gasteiger partial charge < -0.3 is 0 Å². The molecule has 31 heavy (non-hydrogen) atoms. The van der Waals surface area contributed by atoms with E-state index in [2.05, 4.69) is 10.1 Å². The summed E-state index contributed by atoms with van der Waals surface area (Å²) < 4.78 is 42.6. The third-order valence-electron chi connectivity index (χ3n) is 5.01. The van der Waals surface area contributed by atoms with E-state index in [0.29, 0.717) is 5.56 Å². The summed E-state index contributed by atoms with van der Waals surface area (Å²) in [6, 6.07) is 10.9. The second-order valence-corrected chi connectivity index (χ2v) is 7.30. The number of pyridine rings is 1. The van der Waals surface area contributed by atoms with Crippen molar-refractivity contribution in [1.82, 2.24) is 23.9 Å². The first-order valence-electron chi connectivity index (χ1n) is 9.36. The van der Waals surface area contributed by atoms with Crippen LogP contribution in [0, 0.1) is 13.8 Å². The van der Waals surface area contributed by atoms with Gasteiger partial charge in [0.15, 0.2) is 0 Å². The molecule has 0 saturated carbocycles. The average molecular weight is 429 g/mol. The van der Waals surface area contributed by atoms with Crippen molar-refractivity contribution in [1.29, 1.82) is 0 Å². The largest absolute Gasteiger partial charge is 0.433 e. The summed E-state index contributed by atoms with van der Waals surface area (Å²) >= 11 is 0. The second-order valence-electron chi connectivity index (χ2n) is 7.30. The fraction of sp³-hybridized carbons (Fsp3) is 0.238. The van der Waals surface area contributed by atoms with Crippen LogP contribution in [0.15, 0.2) is 52.1 Å². The SMILES string of the molecule is Cc1cc(C)n(-c2ccc(Cn3c(=O)c4ccc(C(F)(F)F)nc4n(C)c3=O)cc2)n1. The second kappa shape index (κ2) is 7.22. The Labute approximate surface area is 174 Å². The van der Waals surface area contributed by atoms with Crippen LogP contribution in [0.4, 0.5) is 13.2 Å². The van der Waals surface area contributed by atoms with Gasteiger partial charge in [0.25, 0.3) is 5.56 Å². The molecule has 0 aliphatic carbocycles. The van der Waals surface area contributed by atoms with Crippen molar-refractivity contribution in [2.45, 2.75) is 26.6 Å². The summed E-state index contributed by atoms with van der Waals surface area (Å²) in [5, 5.41) is 4.35. The fourth-order valence-corrected chi connectivity index (χ4v) is 3.49. The summed E-state index contributed by atoms with van der Waals surface area (Å²) in [6.07, 6.45) is -4.67. The van der Waals surface area contributed by atoms with Crippen LogP contribution in [-0.4, -0.2) is 23.9 Å². The molecule has 0 radical (unpaired) electrons. The van der Waals surface area contributed by atoms with Crippen LogP contribution < -0.4 is 11.2 Å². The zero-order chi connectivity index (χ0) is 22.5. The molecule has 0 saturated heterocycles. The number of hydrogen-bond acceptors (Lipinski definition) is 4. The Bertz CT molecular complexity index is 1410. The molecule has 0 unspecified atom stereocenters. The van der Waals surface area contributed by atoms with Crippen LogP contribution in [0.2, 0.25) is 0 Å². The fourth-order valence-electron chi connectivity index (χ4n) is 3.49. The minimum absolute atomic E-state index is 0.0279. The molecular formula is C21H18F3N5O2. The molecule has 0 N–H and O–H groups in total. The lowest BCUT2D eigenvalue weighted by molar-refractivity contribution is -0.141. The van der Waals surface area contributed by atoms with Gasteiger partial charge in [0.1, 0.15) is 11.3 Å². The summed E-state index contributed by atoms with van der Waals surface area (Å²) in [4.78, 5) is 29.0. The van der Waals surface area contributed by atoms with Gasteiger partial charge in [-0.3, -0.25) is 13.9 Å². The molecule has 7 nitrogen and oxygen atoms in total. The minimum atomic E-state index is -4.67. The highest BCUT2D eigenvalue weighted by Gasteiger charge is 2.33. The Morgan fingerprint density at radius 1 is 1.00 bits per heavy atom. The highest BCUT2D eigenvalue weighted by Crippen LogP contribution is 2.28. The van der Waals surface area contributed by atoms with Crippen molar-refractivity contribution in [2.75, 3.05) is 0 Å². The van der Waals surface area contributed by atoms with E-state index in [0.717, 1.165) is 38.3 Å². The Balaban J connectivity index is 1.74. The minimum Gasteiger partial charge on any atom is -0.280 e. The number of fused-ring (bicyclic) bond motifs is 1. The highest BCUT2D eigenvalue weighted by atomic mass is 19.4. The molecule has 0 spiro atoms. The number of benzene rings is 1. The first kappa shape index (κ1) is 20.6. The van der Waals surface area contributed by atoms with E-state index in [1.54, 1.807) is 16.8 Å². The van der Waals surface area contributed by atoms with Crippen LogP contribution in [-0.2, 0) is 19.8 Å². The van der Waals surface area contributed by atoms with Gasteiger partial charge in [-0.25, -0.2) is 14.5 Å². The maximum atomic E-state index is 13.0. The van der Waals surface area contributed by atoms with Gasteiger partial charge in [-0.15, -0.1) is 0 Å². The standard InChI is InChI=1S/C21H18F3N5O2/c1-12-10-13(2)29(26-12)15-6-4-14(5-7-15)11-28-19(30)16-8-9-17(21(22,23)24)25-18(16)27(3)20(28)31/h4-10H,11H2,1-3H3. The maximum absolute atomic E-state index is 13.0. The van der Waals surface area contributed by atoms with E-state index in [1.165, 1.54) is 7.05 Å². The molecule has 1 aromatic carbocycles. The van der Waals surface area contributed by atoms with E-state index >= 15 is 0 Å². The number of rotatable bonds is 3. The van der Waals surface area contributed by atoms with Crippen molar-refractivity contribution in [3.8, 4) is 5.69 Å². The Morgan fingerprint density at radius 3 is 2.26 bits per heavy atom. The van der Waals surface area contributed by atoms with Crippen LogP contribution in [0.3, 0.4) is 0 Å². The lowest BCUT2D eigenvalue weighted by atomic mass is 10.2. The van der Waals surface area contributed by atoms with E-state index in [1.807, 2.05) is 32.0 Å². The predicted molar refractivity (Wildman–Crippen MR) is 108 cm³/mol. The predicted octanol–water partition coefficient (Wildman–Crippen LogP) is 2.96. The van der Waals surface area contributed by atoms with Crippen LogP contribution in [0.5, 0.6) is 0 Å². The van der Waals surface area contributed by atoms with Gasteiger partial charge in [-0.2, -0.15) is 18.3 Å². The average Bonchev–Trinajstić information content (AvgIpc) is 3.07. The van der Waals surface area contributed by atoms with Crippen molar-refractivity contribution < 1.29 is 13.2 Å². The molecule has 4 rings (SSSR count).